The molecule has 0 radical (unpaired) electrons. The van der Waals surface area contributed by atoms with E-state index in [2.05, 4.69) is 10.3 Å². The summed E-state index contributed by atoms with van der Waals surface area (Å²) in [4.78, 5) is 15.9. The summed E-state index contributed by atoms with van der Waals surface area (Å²) < 4.78 is 0. The summed E-state index contributed by atoms with van der Waals surface area (Å²) >= 11 is 5.98. The number of nitrogens with zero attached hydrogens (tertiary/aromatic N) is 1. The number of hydrogen-bond acceptors (Lipinski definition) is 3. The molecule has 1 heterocycles. The maximum absolute atomic E-state index is 11.9. The first kappa shape index (κ1) is 12.4. The Bertz CT molecular complexity index is 599. The number of nitrogens with two attached hydrogens (primary N) is 1. The zero-order chi connectivity index (χ0) is 13.1. The van der Waals surface area contributed by atoms with Crippen LogP contribution in [0.25, 0.3) is 0 Å². The Hall–Kier alpha value is -2.07. The predicted molar refractivity (Wildman–Crippen MR) is 72.8 cm³/mol. The molecule has 2 aromatic rings. The van der Waals surface area contributed by atoms with E-state index in [9.17, 15) is 4.79 Å². The van der Waals surface area contributed by atoms with Crippen LogP contribution in [0.3, 0.4) is 0 Å². The number of pyridine rings is 1. The Kier molecular flexibility index (Phi) is 3.48. The number of aromatic nitrogens is 1. The Morgan fingerprint density at radius 1 is 1.39 bits per heavy atom. The highest BCUT2D eigenvalue weighted by atomic mass is 35.5. The number of carbonyl (C=O) groups excluding carboxylic acids is 1. The molecule has 0 saturated heterocycles. The van der Waals surface area contributed by atoms with Gasteiger partial charge in [-0.05, 0) is 36.8 Å². The highest BCUT2D eigenvalue weighted by Gasteiger charge is 2.11. The average molecular weight is 262 g/mol. The van der Waals surface area contributed by atoms with Crippen molar-refractivity contribution in [2.75, 3.05) is 11.1 Å². The number of halogens is 1. The minimum Gasteiger partial charge on any atom is -0.397 e. The summed E-state index contributed by atoms with van der Waals surface area (Å²) in [6, 6.07) is 8.60. The molecule has 18 heavy (non-hydrogen) atoms. The molecule has 0 aliphatic rings. The van der Waals surface area contributed by atoms with Crippen molar-refractivity contribution in [1.29, 1.82) is 0 Å². The van der Waals surface area contributed by atoms with Crippen molar-refractivity contribution in [3.05, 3.63) is 52.8 Å². The zero-order valence-corrected chi connectivity index (χ0v) is 10.5. The van der Waals surface area contributed by atoms with Crippen LogP contribution in [-0.2, 0) is 0 Å². The van der Waals surface area contributed by atoms with Crippen molar-refractivity contribution in [3.8, 4) is 0 Å². The summed E-state index contributed by atoms with van der Waals surface area (Å²) in [6.45, 7) is 1.89. The normalized spacial score (nSPS) is 10.1. The Labute approximate surface area is 110 Å². The number of anilines is 2. The number of nitrogen functional groups attached to an aromatic ring is 1. The second kappa shape index (κ2) is 5.06. The van der Waals surface area contributed by atoms with E-state index in [0.29, 0.717) is 16.4 Å². The predicted octanol–water partition coefficient (Wildman–Crippen LogP) is 2.88. The second-order valence-electron chi connectivity index (χ2n) is 3.86. The summed E-state index contributed by atoms with van der Waals surface area (Å²) in [5.41, 5.74) is 7.79. The molecule has 0 bridgehead atoms. The first-order valence-corrected chi connectivity index (χ1v) is 5.73. The third-order valence-electron chi connectivity index (χ3n) is 2.48. The van der Waals surface area contributed by atoms with E-state index in [1.807, 2.05) is 13.0 Å². The van der Waals surface area contributed by atoms with E-state index < -0.39 is 0 Å². The van der Waals surface area contributed by atoms with Gasteiger partial charge in [-0.2, -0.15) is 0 Å². The second-order valence-corrected chi connectivity index (χ2v) is 4.27. The van der Waals surface area contributed by atoms with Crippen molar-refractivity contribution in [3.63, 3.8) is 0 Å². The van der Waals surface area contributed by atoms with Gasteiger partial charge in [0.25, 0.3) is 5.91 Å². The summed E-state index contributed by atoms with van der Waals surface area (Å²) in [7, 11) is 0. The van der Waals surface area contributed by atoms with Crippen LogP contribution in [0.1, 0.15) is 16.1 Å². The quantitative estimate of drug-likeness (QED) is 0.873. The summed E-state index contributed by atoms with van der Waals surface area (Å²) in [5, 5.41) is 3.30. The van der Waals surface area contributed by atoms with Crippen molar-refractivity contribution >= 4 is 28.9 Å². The molecule has 0 unspecified atom stereocenters. The van der Waals surface area contributed by atoms with Crippen molar-refractivity contribution in [2.24, 2.45) is 0 Å². The topological polar surface area (TPSA) is 68.0 Å². The molecule has 1 aromatic carbocycles. The lowest BCUT2D eigenvalue weighted by molar-refractivity contribution is 0.102. The van der Waals surface area contributed by atoms with Crippen molar-refractivity contribution in [2.45, 2.75) is 6.92 Å². The average Bonchev–Trinajstić information content (AvgIpc) is 2.34. The van der Waals surface area contributed by atoms with Crippen LogP contribution in [0.2, 0.25) is 5.02 Å². The van der Waals surface area contributed by atoms with Crippen molar-refractivity contribution in [1.82, 2.24) is 4.98 Å². The molecular formula is C13H12ClN3O. The van der Waals surface area contributed by atoms with E-state index in [0.717, 1.165) is 5.56 Å². The Balaban J connectivity index is 2.22. The molecule has 0 saturated carbocycles. The number of aryl methyl sites for hydroxylation is 1. The van der Waals surface area contributed by atoms with Crippen LogP contribution in [0.4, 0.5) is 11.4 Å². The van der Waals surface area contributed by atoms with Gasteiger partial charge in [0.1, 0.15) is 0 Å². The van der Waals surface area contributed by atoms with Gasteiger partial charge in [0.15, 0.2) is 5.69 Å². The maximum atomic E-state index is 11.9. The number of carbonyl (C=O) groups is 1. The number of amides is 1. The molecule has 4 nitrogen and oxygen atoms in total. The van der Waals surface area contributed by atoms with E-state index in [1.165, 1.54) is 6.20 Å². The lowest BCUT2D eigenvalue weighted by atomic mass is 10.2. The first-order chi connectivity index (χ1) is 8.58. The fraction of sp³-hybridized carbons (Fsp3) is 0.0769. The van der Waals surface area contributed by atoms with Gasteiger partial charge in [0.2, 0.25) is 0 Å². The van der Waals surface area contributed by atoms with Crippen molar-refractivity contribution < 1.29 is 4.79 Å². The minimum atomic E-state index is -0.354. The van der Waals surface area contributed by atoms with Crippen LogP contribution in [-0.4, -0.2) is 10.9 Å². The van der Waals surface area contributed by atoms with Gasteiger partial charge in [-0.15, -0.1) is 0 Å². The standard InChI is InChI=1S/C13H12ClN3O/c1-8-4-5-9(7-10(8)14)17-13(18)12-11(15)3-2-6-16-12/h2-7H,15H2,1H3,(H,17,18). The van der Waals surface area contributed by atoms with Gasteiger partial charge in [-0.25, -0.2) is 4.98 Å². The molecule has 0 fully saturated rings. The number of nitrogens with one attached hydrogen (secondary N) is 1. The highest BCUT2D eigenvalue weighted by Crippen LogP contribution is 2.20. The van der Waals surface area contributed by atoms with Gasteiger partial charge in [0, 0.05) is 16.9 Å². The molecule has 1 aromatic heterocycles. The largest absolute Gasteiger partial charge is 0.397 e. The molecule has 2 rings (SSSR count). The first-order valence-electron chi connectivity index (χ1n) is 5.36. The van der Waals surface area contributed by atoms with Gasteiger partial charge in [-0.3, -0.25) is 4.79 Å². The van der Waals surface area contributed by atoms with Crippen LogP contribution >= 0.6 is 11.6 Å². The monoisotopic (exact) mass is 261 g/mol. The van der Waals surface area contributed by atoms with Gasteiger partial charge >= 0.3 is 0 Å². The number of rotatable bonds is 2. The lowest BCUT2D eigenvalue weighted by Gasteiger charge is -2.07. The molecule has 92 valence electrons. The van der Waals surface area contributed by atoms with E-state index in [4.69, 9.17) is 17.3 Å². The third kappa shape index (κ3) is 2.60. The van der Waals surface area contributed by atoms with Gasteiger partial charge in [-0.1, -0.05) is 17.7 Å². The molecule has 3 N–H and O–H groups in total. The molecule has 0 aliphatic carbocycles. The molecular weight excluding hydrogens is 250 g/mol. The van der Waals surface area contributed by atoms with Crippen LogP contribution in [0.5, 0.6) is 0 Å². The molecule has 0 aliphatic heterocycles. The maximum Gasteiger partial charge on any atom is 0.276 e. The van der Waals surface area contributed by atoms with Crippen LogP contribution in [0, 0.1) is 6.92 Å². The van der Waals surface area contributed by atoms with E-state index >= 15 is 0 Å². The minimum absolute atomic E-state index is 0.203. The van der Waals surface area contributed by atoms with E-state index in [-0.39, 0.29) is 11.6 Å². The molecule has 0 atom stereocenters. The van der Waals surface area contributed by atoms with Crippen LogP contribution in [0.15, 0.2) is 36.5 Å². The summed E-state index contributed by atoms with van der Waals surface area (Å²) in [5.74, 6) is -0.354. The zero-order valence-electron chi connectivity index (χ0n) is 9.77. The fourth-order valence-electron chi connectivity index (χ4n) is 1.47. The number of benzene rings is 1. The Morgan fingerprint density at radius 2 is 2.17 bits per heavy atom. The molecule has 5 heteroatoms. The van der Waals surface area contributed by atoms with E-state index in [1.54, 1.807) is 24.3 Å². The highest BCUT2D eigenvalue weighted by molar-refractivity contribution is 6.31. The molecule has 1 amide bonds. The SMILES string of the molecule is Cc1ccc(NC(=O)c2ncccc2N)cc1Cl. The van der Waals surface area contributed by atoms with Gasteiger partial charge < -0.3 is 11.1 Å². The molecule has 0 spiro atoms. The summed E-state index contributed by atoms with van der Waals surface area (Å²) in [6.07, 6.45) is 1.52. The third-order valence-corrected chi connectivity index (χ3v) is 2.89. The Morgan fingerprint density at radius 3 is 2.83 bits per heavy atom. The number of hydrogen-bond donors (Lipinski definition) is 2. The van der Waals surface area contributed by atoms with Crippen LogP contribution < -0.4 is 11.1 Å². The lowest BCUT2D eigenvalue weighted by Crippen LogP contribution is -2.15. The fourth-order valence-corrected chi connectivity index (χ4v) is 1.65. The van der Waals surface area contributed by atoms with Gasteiger partial charge in [0.05, 0.1) is 5.69 Å². The smallest absolute Gasteiger partial charge is 0.276 e.